The van der Waals surface area contributed by atoms with Crippen LogP contribution in [0.25, 0.3) is 12.2 Å². The SMILES string of the molecule is C=C/C=C\c1ncn(C)c1C=C. The van der Waals surface area contributed by atoms with Gasteiger partial charge in [-0.15, -0.1) is 0 Å². The molecular weight excluding hydrogens is 148 g/mol. The van der Waals surface area contributed by atoms with Crippen molar-refractivity contribution in [2.75, 3.05) is 0 Å². The van der Waals surface area contributed by atoms with E-state index in [0.29, 0.717) is 0 Å². The van der Waals surface area contributed by atoms with Gasteiger partial charge in [-0.3, -0.25) is 0 Å². The molecule has 0 radical (unpaired) electrons. The second-order valence-corrected chi connectivity index (χ2v) is 2.42. The van der Waals surface area contributed by atoms with Crippen LogP contribution in [0.1, 0.15) is 11.4 Å². The zero-order chi connectivity index (χ0) is 8.97. The van der Waals surface area contributed by atoms with Crippen molar-refractivity contribution in [3.05, 3.63) is 43.0 Å². The highest BCUT2D eigenvalue weighted by molar-refractivity contribution is 5.59. The highest BCUT2D eigenvalue weighted by atomic mass is 15.0. The Kier molecular flexibility index (Phi) is 2.64. The minimum absolute atomic E-state index is 0.924. The van der Waals surface area contributed by atoms with Crippen LogP contribution >= 0.6 is 0 Å². The largest absolute Gasteiger partial charge is 0.334 e. The Labute approximate surface area is 72.6 Å². The second-order valence-electron chi connectivity index (χ2n) is 2.42. The lowest BCUT2D eigenvalue weighted by Crippen LogP contribution is -1.88. The molecule has 2 nitrogen and oxygen atoms in total. The lowest BCUT2D eigenvalue weighted by atomic mass is 10.3. The van der Waals surface area contributed by atoms with Crippen LogP contribution in [0.15, 0.2) is 31.6 Å². The molecule has 0 bridgehead atoms. The molecule has 0 saturated carbocycles. The van der Waals surface area contributed by atoms with Crippen LogP contribution in [0.5, 0.6) is 0 Å². The van der Waals surface area contributed by atoms with Crippen LogP contribution in [-0.2, 0) is 7.05 Å². The molecule has 0 N–H and O–H groups in total. The molecule has 2 heteroatoms. The number of aryl methyl sites for hydroxylation is 1. The fourth-order valence-corrected chi connectivity index (χ4v) is 0.994. The first-order valence-electron chi connectivity index (χ1n) is 3.72. The van der Waals surface area contributed by atoms with Gasteiger partial charge in [0.15, 0.2) is 0 Å². The van der Waals surface area contributed by atoms with Crippen molar-refractivity contribution >= 4 is 12.2 Å². The molecule has 0 aromatic carbocycles. The summed E-state index contributed by atoms with van der Waals surface area (Å²) < 4.78 is 1.93. The molecule has 0 aliphatic heterocycles. The molecule has 0 unspecified atom stereocenters. The van der Waals surface area contributed by atoms with Gasteiger partial charge in [0.1, 0.15) is 0 Å². The van der Waals surface area contributed by atoms with E-state index in [-0.39, 0.29) is 0 Å². The molecular formula is C10H12N2. The fraction of sp³-hybridized carbons (Fsp3) is 0.100. The smallest absolute Gasteiger partial charge is 0.0955 e. The molecule has 0 spiro atoms. The van der Waals surface area contributed by atoms with Gasteiger partial charge >= 0.3 is 0 Å². The summed E-state index contributed by atoms with van der Waals surface area (Å²) in [6.45, 7) is 7.30. The lowest BCUT2D eigenvalue weighted by Gasteiger charge is -1.94. The number of allylic oxidation sites excluding steroid dienone is 2. The lowest BCUT2D eigenvalue weighted by molar-refractivity contribution is 0.902. The molecule has 12 heavy (non-hydrogen) atoms. The van der Waals surface area contributed by atoms with Gasteiger partial charge in [-0.1, -0.05) is 25.3 Å². The quantitative estimate of drug-likeness (QED) is 0.620. The predicted octanol–water partition coefficient (Wildman–Crippen LogP) is 2.26. The van der Waals surface area contributed by atoms with Crippen LogP contribution in [0.4, 0.5) is 0 Å². The van der Waals surface area contributed by atoms with Crippen LogP contribution in [0.2, 0.25) is 0 Å². The van der Waals surface area contributed by atoms with E-state index >= 15 is 0 Å². The Balaban J connectivity index is 3.06. The number of aromatic nitrogens is 2. The zero-order valence-electron chi connectivity index (χ0n) is 7.20. The summed E-state index contributed by atoms with van der Waals surface area (Å²) >= 11 is 0. The van der Waals surface area contributed by atoms with Crippen LogP contribution < -0.4 is 0 Å². The number of hydrogen-bond donors (Lipinski definition) is 0. The average Bonchev–Trinajstić information content (AvgIpc) is 2.43. The minimum atomic E-state index is 0.924. The van der Waals surface area contributed by atoms with Crippen LogP contribution in [-0.4, -0.2) is 9.55 Å². The molecule has 1 aromatic heterocycles. The van der Waals surface area contributed by atoms with E-state index in [2.05, 4.69) is 18.1 Å². The standard InChI is InChI=1S/C10H12N2/c1-4-6-7-9-10(5-2)12(3)8-11-9/h4-8H,1-2H2,3H3/b7-6-. The second kappa shape index (κ2) is 3.72. The van der Waals surface area contributed by atoms with Crippen molar-refractivity contribution < 1.29 is 0 Å². The number of hydrogen-bond acceptors (Lipinski definition) is 1. The van der Waals surface area contributed by atoms with Crippen molar-refractivity contribution in [3.63, 3.8) is 0 Å². The summed E-state index contributed by atoms with van der Waals surface area (Å²) in [5, 5.41) is 0. The Morgan fingerprint density at radius 1 is 1.50 bits per heavy atom. The van der Waals surface area contributed by atoms with E-state index in [9.17, 15) is 0 Å². The van der Waals surface area contributed by atoms with Gasteiger partial charge in [0, 0.05) is 7.05 Å². The summed E-state index contributed by atoms with van der Waals surface area (Å²) in [4.78, 5) is 4.18. The maximum Gasteiger partial charge on any atom is 0.0955 e. The van der Waals surface area contributed by atoms with Gasteiger partial charge in [-0.2, -0.15) is 0 Å². The minimum Gasteiger partial charge on any atom is -0.334 e. The van der Waals surface area contributed by atoms with Crippen molar-refractivity contribution in [3.8, 4) is 0 Å². The molecule has 62 valence electrons. The van der Waals surface area contributed by atoms with Crippen LogP contribution in [0, 0.1) is 0 Å². The van der Waals surface area contributed by atoms with Gasteiger partial charge in [0.25, 0.3) is 0 Å². The molecule has 1 heterocycles. The number of imidazole rings is 1. The van der Waals surface area contributed by atoms with E-state index in [1.165, 1.54) is 0 Å². The number of nitrogens with zero attached hydrogens (tertiary/aromatic N) is 2. The topological polar surface area (TPSA) is 17.8 Å². The average molecular weight is 160 g/mol. The summed E-state index contributed by atoms with van der Waals surface area (Å²) in [6, 6.07) is 0. The van der Waals surface area contributed by atoms with Gasteiger partial charge in [-0.25, -0.2) is 4.98 Å². The highest BCUT2D eigenvalue weighted by Crippen LogP contribution is 2.08. The highest BCUT2D eigenvalue weighted by Gasteiger charge is 1.99. The maximum absolute atomic E-state index is 4.18. The Morgan fingerprint density at radius 3 is 2.83 bits per heavy atom. The van der Waals surface area contributed by atoms with Gasteiger partial charge in [0.2, 0.25) is 0 Å². The molecule has 1 aromatic rings. The Bertz CT molecular complexity index is 319. The monoisotopic (exact) mass is 160 g/mol. The van der Waals surface area contributed by atoms with E-state index in [0.717, 1.165) is 11.4 Å². The molecule has 0 aliphatic carbocycles. The zero-order valence-corrected chi connectivity index (χ0v) is 7.20. The maximum atomic E-state index is 4.18. The number of rotatable bonds is 3. The first kappa shape index (κ1) is 8.53. The van der Waals surface area contributed by atoms with Gasteiger partial charge in [0.05, 0.1) is 17.7 Å². The third-order valence-corrected chi connectivity index (χ3v) is 1.60. The molecule has 0 aliphatic rings. The molecule has 0 fully saturated rings. The summed E-state index contributed by atoms with van der Waals surface area (Å²) in [6.07, 6.45) is 9.04. The molecule has 1 rings (SSSR count). The summed E-state index contributed by atoms with van der Waals surface area (Å²) in [7, 11) is 1.94. The van der Waals surface area contributed by atoms with Gasteiger partial charge in [-0.05, 0) is 12.2 Å². The normalized spacial score (nSPS) is 10.4. The molecule has 0 saturated heterocycles. The predicted molar refractivity (Wildman–Crippen MR) is 52.5 cm³/mol. The van der Waals surface area contributed by atoms with E-state index < -0.39 is 0 Å². The fourth-order valence-electron chi connectivity index (χ4n) is 0.994. The third kappa shape index (κ3) is 1.53. The first-order chi connectivity index (χ1) is 5.79. The van der Waals surface area contributed by atoms with Crippen molar-refractivity contribution in [1.82, 2.24) is 9.55 Å². The Morgan fingerprint density at radius 2 is 2.25 bits per heavy atom. The third-order valence-electron chi connectivity index (χ3n) is 1.60. The molecule has 0 amide bonds. The first-order valence-corrected chi connectivity index (χ1v) is 3.72. The van der Waals surface area contributed by atoms with E-state index in [4.69, 9.17) is 0 Å². The Hall–Kier alpha value is -1.57. The van der Waals surface area contributed by atoms with Crippen molar-refractivity contribution in [1.29, 1.82) is 0 Å². The molecule has 0 atom stereocenters. The van der Waals surface area contributed by atoms with Crippen LogP contribution in [0.3, 0.4) is 0 Å². The van der Waals surface area contributed by atoms with Crippen molar-refractivity contribution in [2.24, 2.45) is 7.05 Å². The van der Waals surface area contributed by atoms with E-state index in [1.54, 1.807) is 18.5 Å². The van der Waals surface area contributed by atoms with E-state index in [1.807, 2.05) is 23.8 Å². The summed E-state index contributed by atoms with van der Waals surface area (Å²) in [5.74, 6) is 0. The summed E-state index contributed by atoms with van der Waals surface area (Å²) in [5.41, 5.74) is 1.94. The van der Waals surface area contributed by atoms with Gasteiger partial charge < -0.3 is 4.57 Å². The van der Waals surface area contributed by atoms with Crippen molar-refractivity contribution in [2.45, 2.75) is 0 Å².